The van der Waals surface area contributed by atoms with Crippen LogP contribution in [-0.4, -0.2) is 43.4 Å². The van der Waals surface area contributed by atoms with Crippen LogP contribution in [0.5, 0.6) is 0 Å². The Kier molecular flexibility index (Phi) is 4.38. The quantitative estimate of drug-likeness (QED) is 0.919. The van der Waals surface area contributed by atoms with Gasteiger partial charge in [-0.05, 0) is 31.6 Å². The van der Waals surface area contributed by atoms with Crippen molar-refractivity contribution in [3.63, 3.8) is 0 Å². The van der Waals surface area contributed by atoms with E-state index in [0.717, 1.165) is 43.9 Å². The van der Waals surface area contributed by atoms with E-state index in [1.54, 1.807) is 0 Å². The minimum atomic E-state index is -0.300. The standard InChI is InChI=1S/C18H23N5O2/c24-16-10-20-15(9-21-16)18(25)23-7-2-5-14(12-23)17-19-6-8-22(17)11-13-3-1-4-13/h6,8-10,13-14H,1-5,7,11-12H2,(H,21,24)/t14-/m0/s1. The maximum atomic E-state index is 12.7. The average Bonchev–Trinajstić information content (AvgIpc) is 3.07. The van der Waals surface area contributed by atoms with Gasteiger partial charge < -0.3 is 14.5 Å². The molecule has 25 heavy (non-hydrogen) atoms. The summed E-state index contributed by atoms with van der Waals surface area (Å²) in [6.45, 7) is 2.42. The fourth-order valence-electron chi connectivity index (χ4n) is 3.78. The molecule has 1 saturated carbocycles. The van der Waals surface area contributed by atoms with E-state index in [9.17, 15) is 9.59 Å². The third-order valence-corrected chi connectivity index (χ3v) is 5.39. The van der Waals surface area contributed by atoms with E-state index in [-0.39, 0.29) is 23.1 Å². The van der Waals surface area contributed by atoms with Crippen molar-refractivity contribution < 1.29 is 4.79 Å². The summed E-state index contributed by atoms with van der Waals surface area (Å²) in [4.78, 5) is 36.7. The zero-order valence-corrected chi connectivity index (χ0v) is 14.2. The number of aromatic nitrogens is 4. The highest BCUT2D eigenvalue weighted by molar-refractivity contribution is 5.92. The number of nitrogens with one attached hydrogen (secondary N) is 1. The average molecular weight is 341 g/mol. The summed E-state index contributed by atoms with van der Waals surface area (Å²) in [6, 6.07) is 0. The molecule has 2 aliphatic rings. The summed E-state index contributed by atoms with van der Waals surface area (Å²) in [7, 11) is 0. The second kappa shape index (κ2) is 6.82. The molecule has 1 atom stereocenters. The highest BCUT2D eigenvalue weighted by atomic mass is 16.2. The Morgan fingerprint density at radius 1 is 1.24 bits per heavy atom. The summed E-state index contributed by atoms with van der Waals surface area (Å²) >= 11 is 0. The lowest BCUT2D eigenvalue weighted by molar-refractivity contribution is 0.0696. The predicted molar refractivity (Wildman–Crippen MR) is 92.3 cm³/mol. The lowest BCUT2D eigenvalue weighted by Crippen LogP contribution is -2.40. The number of imidazole rings is 1. The van der Waals surface area contributed by atoms with Crippen molar-refractivity contribution >= 4 is 5.91 Å². The Labute approximate surface area is 146 Å². The van der Waals surface area contributed by atoms with Gasteiger partial charge in [-0.3, -0.25) is 9.59 Å². The molecule has 0 unspecified atom stereocenters. The molecule has 1 amide bonds. The van der Waals surface area contributed by atoms with Crippen LogP contribution in [0.3, 0.4) is 0 Å². The molecule has 3 heterocycles. The van der Waals surface area contributed by atoms with Crippen molar-refractivity contribution in [3.8, 4) is 0 Å². The summed E-state index contributed by atoms with van der Waals surface area (Å²) in [5.41, 5.74) is -0.0100. The number of carbonyl (C=O) groups excluding carboxylic acids is 1. The van der Waals surface area contributed by atoms with Crippen molar-refractivity contribution in [2.45, 2.75) is 44.6 Å². The lowest BCUT2D eigenvalue weighted by Gasteiger charge is -2.33. The maximum Gasteiger partial charge on any atom is 0.273 e. The van der Waals surface area contributed by atoms with Gasteiger partial charge in [0.25, 0.3) is 11.5 Å². The Balaban J connectivity index is 1.47. The van der Waals surface area contributed by atoms with Crippen molar-refractivity contribution in [1.29, 1.82) is 0 Å². The number of hydrogen-bond acceptors (Lipinski definition) is 4. The maximum absolute atomic E-state index is 12.7. The van der Waals surface area contributed by atoms with E-state index < -0.39 is 0 Å². The van der Waals surface area contributed by atoms with Gasteiger partial charge >= 0.3 is 0 Å². The van der Waals surface area contributed by atoms with Gasteiger partial charge in [0.2, 0.25) is 0 Å². The molecule has 4 rings (SSSR count). The number of rotatable bonds is 4. The third kappa shape index (κ3) is 3.36. The van der Waals surface area contributed by atoms with Crippen LogP contribution in [-0.2, 0) is 6.54 Å². The van der Waals surface area contributed by atoms with Gasteiger partial charge in [-0.1, -0.05) is 6.42 Å². The predicted octanol–water partition coefficient (Wildman–Crippen LogP) is 1.79. The lowest BCUT2D eigenvalue weighted by atomic mass is 9.85. The summed E-state index contributed by atoms with van der Waals surface area (Å²) in [5.74, 6) is 2.01. The van der Waals surface area contributed by atoms with Crippen LogP contribution in [0.2, 0.25) is 0 Å². The second-order valence-corrected chi connectivity index (χ2v) is 7.12. The third-order valence-electron chi connectivity index (χ3n) is 5.39. The van der Waals surface area contributed by atoms with Crippen LogP contribution >= 0.6 is 0 Å². The summed E-state index contributed by atoms with van der Waals surface area (Å²) in [5, 5.41) is 0. The summed E-state index contributed by atoms with van der Waals surface area (Å²) < 4.78 is 2.28. The SMILES string of the molecule is O=C(c1c[nH]c(=O)cn1)N1CCC[C@H](c2nccn2CC2CCC2)C1. The van der Waals surface area contributed by atoms with Crippen molar-refractivity contribution in [2.24, 2.45) is 5.92 Å². The van der Waals surface area contributed by atoms with E-state index >= 15 is 0 Å². The van der Waals surface area contributed by atoms with Crippen molar-refractivity contribution in [1.82, 2.24) is 24.4 Å². The van der Waals surface area contributed by atoms with E-state index in [1.807, 2.05) is 11.1 Å². The van der Waals surface area contributed by atoms with E-state index in [4.69, 9.17) is 0 Å². The molecule has 2 aromatic rings. The fraction of sp³-hybridized carbons (Fsp3) is 0.556. The zero-order valence-electron chi connectivity index (χ0n) is 14.2. The molecule has 1 aliphatic carbocycles. The minimum absolute atomic E-state index is 0.127. The first-order valence-electron chi connectivity index (χ1n) is 9.06. The van der Waals surface area contributed by atoms with E-state index in [2.05, 4.69) is 25.7 Å². The van der Waals surface area contributed by atoms with E-state index in [1.165, 1.54) is 25.5 Å². The number of hydrogen-bond donors (Lipinski definition) is 1. The topological polar surface area (TPSA) is 83.9 Å². The normalized spacial score (nSPS) is 21.1. The molecule has 1 saturated heterocycles. The number of nitrogens with zero attached hydrogens (tertiary/aromatic N) is 4. The van der Waals surface area contributed by atoms with Crippen LogP contribution in [0.15, 0.2) is 29.6 Å². The fourth-order valence-corrected chi connectivity index (χ4v) is 3.78. The summed E-state index contributed by atoms with van der Waals surface area (Å²) in [6.07, 6.45) is 12.4. The zero-order chi connectivity index (χ0) is 17.2. The van der Waals surface area contributed by atoms with Crippen LogP contribution < -0.4 is 5.56 Å². The molecule has 2 fully saturated rings. The number of H-pyrrole nitrogens is 1. The van der Waals surface area contributed by atoms with Crippen molar-refractivity contribution in [2.75, 3.05) is 13.1 Å². The van der Waals surface area contributed by atoms with Crippen LogP contribution in [0.25, 0.3) is 0 Å². The van der Waals surface area contributed by atoms with Gasteiger partial charge in [0.05, 0.1) is 6.20 Å². The van der Waals surface area contributed by atoms with Gasteiger partial charge in [0.15, 0.2) is 0 Å². The molecule has 1 aliphatic heterocycles. The first kappa shape index (κ1) is 16.1. The van der Waals surface area contributed by atoms with Crippen molar-refractivity contribution in [3.05, 3.63) is 46.7 Å². The highest BCUT2D eigenvalue weighted by Crippen LogP contribution is 2.31. The molecule has 0 aromatic carbocycles. The van der Waals surface area contributed by atoms with Crippen LogP contribution in [0.4, 0.5) is 0 Å². The minimum Gasteiger partial charge on any atom is -0.337 e. The van der Waals surface area contributed by atoms with Gasteiger partial charge in [-0.2, -0.15) is 0 Å². The molecule has 1 N–H and O–H groups in total. The molecular formula is C18H23N5O2. The number of carbonyl (C=O) groups is 1. The number of amides is 1. The molecule has 7 heteroatoms. The Morgan fingerprint density at radius 2 is 2.12 bits per heavy atom. The molecule has 2 aromatic heterocycles. The smallest absolute Gasteiger partial charge is 0.273 e. The molecular weight excluding hydrogens is 318 g/mol. The Bertz CT molecular complexity index is 787. The van der Waals surface area contributed by atoms with Crippen LogP contribution in [0, 0.1) is 5.92 Å². The Morgan fingerprint density at radius 3 is 2.84 bits per heavy atom. The number of likely N-dealkylation sites (tertiary alicyclic amines) is 1. The van der Waals surface area contributed by atoms with Gasteiger partial charge in [0, 0.05) is 44.1 Å². The first-order valence-corrected chi connectivity index (χ1v) is 9.06. The number of aromatic amines is 1. The first-order chi connectivity index (χ1) is 12.2. The molecule has 7 nitrogen and oxygen atoms in total. The molecule has 0 radical (unpaired) electrons. The molecule has 132 valence electrons. The molecule has 0 bridgehead atoms. The largest absolute Gasteiger partial charge is 0.337 e. The highest BCUT2D eigenvalue weighted by Gasteiger charge is 2.29. The monoisotopic (exact) mass is 341 g/mol. The van der Waals surface area contributed by atoms with Gasteiger partial charge in [0.1, 0.15) is 11.5 Å². The van der Waals surface area contributed by atoms with Gasteiger partial charge in [-0.15, -0.1) is 0 Å². The Hall–Kier alpha value is -2.44. The van der Waals surface area contributed by atoms with Crippen LogP contribution in [0.1, 0.15) is 54.3 Å². The molecule has 0 spiro atoms. The number of piperidine rings is 1. The van der Waals surface area contributed by atoms with Gasteiger partial charge in [-0.25, -0.2) is 9.97 Å². The van der Waals surface area contributed by atoms with E-state index in [0.29, 0.717) is 6.54 Å². The second-order valence-electron chi connectivity index (χ2n) is 7.12.